The van der Waals surface area contributed by atoms with E-state index in [0.717, 1.165) is 6.42 Å². The molecule has 0 aromatic carbocycles. The van der Waals surface area contributed by atoms with Crippen LogP contribution in [0.15, 0.2) is 18.3 Å². The fraction of sp³-hybridized carbons (Fsp3) is 0.364. The molecule has 0 saturated carbocycles. The van der Waals surface area contributed by atoms with E-state index < -0.39 is 5.91 Å². The summed E-state index contributed by atoms with van der Waals surface area (Å²) in [6.07, 6.45) is 2.93. The molecule has 1 aliphatic rings. The fourth-order valence-electron chi connectivity index (χ4n) is 1.80. The molecule has 90 valence electrons. The van der Waals surface area contributed by atoms with E-state index in [4.69, 9.17) is 5.73 Å². The maximum atomic E-state index is 11.1. The molecular weight excluding hydrogens is 220 g/mol. The summed E-state index contributed by atoms with van der Waals surface area (Å²) < 4.78 is 0. The van der Waals surface area contributed by atoms with Crippen molar-refractivity contribution in [3.63, 3.8) is 0 Å². The second-order valence-corrected chi connectivity index (χ2v) is 3.95. The normalized spacial score (nSPS) is 18.8. The van der Waals surface area contributed by atoms with Gasteiger partial charge >= 0.3 is 0 Å². The maximum Gasteiger partial charge on any atom is 0.252 e. The second kappa shape index (κ2) is 4.82. The zero-order valence-electron chi connectivity index (χ0n) is 9.27. The zero-order valence-corrected chi connectivity index (χ0v) is 9.27. The molecule has 2 heterocycles. The number of nitrogens with zero attached hydrogens (tertiary/aromatic N) is 1. The van der Waals surface area contributed by atoms with Crippen molar-refractivity contribution < 1.29 is 9.59 Å². The molecule has 0 spiro atoms. The van der Waals surface area contributed by atoms with Gasteiger partial charge in [0.25, 0.3) is 5.91 Å². The Hall–Kier alpha value is -2.11. The van der Waals surface area contributed by atoms with Crippen molar-refractivity contribution in [1.29, 1.82) is 0 Å². The zero-order chi connectivity index (χ0) is 12.3. The summed E-state index contributed by atoms with van der Waals surface area (Å²) in [6.45, 7) is 0.545. The van der Waals surface area contributed by atoms with E-state index in [9.17, 15) is 9.59 Å². The summed E-state index contributed by atoms with van der Waals surface area (Å²) >= 11 is 0. The van der Waals surface area contributed by atoms with Gasteiger partial charge in [0.15, 0.2) is 0 Å². The Labute approximate surface area is 98.6 Å². The second-order valence-electron chi connectivity index (χ2n) is 3.95. The molecule has 1 aliphatic heterocycles. The van der Waals surface area contributed by atoms with E-state index in [0.29, 0.717) is 24.3 Å². The Kier molecular flexibility index (Phi) is 3.22. The van der Waals surface area contributed by atoms with Crippen LogP contribution in [0.2, 0.25) is 0 Å². The van der Waals surface area contributed by atoms with Crippen LogP contribution in [0, 0.1) is 0 Å². The minimum atomic E-state index is -0.518. The third-order valence-corrected chi connectivity index (χ3v) is 2.67. The quantitative estimate of drug-likeness (QED) is 0.676. The molecule has 6 nitrogen and oxygen atoms in total. The number of hydrogen-bond donors (Lipinski definition) is 3. The number of rotatable bonds is 4. The van der Waals surface area contributed by atoms with Crippen LogP contribution in [0.25, 0.3) is 0 Å². The first kappa shape index (κ1) is 11.4. The highest BCUT2D eigenvalue weighted by Crippen LogP contribution is 2.12. The van der Waals surface area contributed by atoms with E-state index in [2.05, 4.69) is 15.6 Å². The van der Waals surface area contributed by atoms with Gasteiger partial charge in [-0.05, 0) is 18.6 Å². The number of pyridine rings is 1. The highest BCUT2D eigenvalue weighted by atomic mass is 16.2. The molecule has 1 unspecified atom stereocenters. The van der Waals surface area contributed by atoms with Gasteiger partial charge < -0.3 is 16.4 Å². The molecule has 1 saturated heterocycles. The van der Waals surface area contributed by atoms with E-state index in [1.807, 2.05) is 0 Å². The van der Waals surface area contributed by atoms with E-state index in [1.54, 1.807) is 18.3 Å². The van der Waals surface area contributed by atoms with Gasteiger partial charge in [0.1, 0.15) is 5.82 Å². The number of nitrogens with two attached hydrogens (primary N) is 1. The molecule has 1 atom stereocenters. The Bertz CT molecular complexity index is 447. The number of hydrogen-bond acceptors (Lipinski definition) is 4. The van der Waals surface area contributed by atoms with Crippen LogP contribution in [0.3, 0.4) is 0 Å². The van der Waals surface area contributed by atoms with Crippen LogP contribution >= 0.6 is 0 Å². The van der Waals surface area contributed by atoms with Crippen molar-refractivity contribution in [2.24, 2.45) is 5.73 Å². The Morgan fingerprint density at radius 1 is 1.65 bits per heavy atom. The lowest BCUT2D eigenvalue weighted by atomic mass is 10.2. The SMILES string of the molecule is NC(=O)c1cccnc1NCC1CCC(=O)N1. The third-order valence-electron chi connectivity index (χ3n) is 2.67. The van der Waals surface area contributed by atoms with Gasteiger partial charge in [-0.15, -0.1) is 0 Å². The summed E-state index contributed by atoms with van der Waals surface area (Å²) in [5, 5.41) is 5.86. The topological polar surface area (TPSA) is 97.1 Å². The van der Waals surface area contributed by atoms with Gasteiger partial charge in [-0.3, -0.25) is 9.59 Å². The minimum absolute atomic E-state index is 0.0629. The summed E-state index contributed by atoms with van der Waals surface area (Å²) in [4.78, 5) is 26.2. The van der Waals surface area contributed by atoms with E-state index >= 15 is 0 Å². The number of amides is 2. The highest BCUT2D eigenvalue weighted by molar-refractivity contribution is 5.97. The number of aromatic nitrogens is 1. The van der Waals surface area contributed by atoms with Gasteiger partial charge in [-0.2, -0.15) is 0 Å². The third kappa shape index (κ3) is 2.72. The Morgan fingerprint density at radius 2 is 2.47 bits per heavy atom. The molecule has 1 aromatic rings. The van der Waals surface area contributed by atoms with E-state index in [1.165, 1.54) is 0 Å². The Morgan fingerprint density at radius 3 is 3.12 bits per heavy atom. The summed E-state index contributed by atoms with van der Waals surface area (Å²) in [5.74, 6) is 0.00477. The average molecular weight is 234 g/mol. The molecule has 0 bridgehead atoms. The van der Waals surface area contributed by atoms with Crippen LogP contribution in [0.5, 0.6) is 0 Å². The van der Waals surface area contributed by atoms with Crippen LogP contribution < -0.4 is 16.4 Å². The summed E-state index contributed by atoms with van der Waals surface area (Å²) in [7, 11) is 0. The average Bonchev–Trinajstić information content (AvgIpc) is 2.73. The molecule has 4 N–H and O–H groups in total. The fourth-order valence-corrected chi connectivity index (χ4v) is 1.80. The molecule has 17 heavy (non-hydrogen) atoms. The van der Waals surface area contributed by atoms with Crippen molar-refractivity contribution in [1.82, 2.24) is 10.3 Å². The van der Waals surface area contributed by atoms with Crippen molar-refractivity contribution in [2.45, 2.75) is 18.9 Å². The highest BCUT2D eigenvalue weighted by Gasteiger charge is 2.20. The van der Waals surface area contributed by atoms with Gasteiger partial charge in [0, 0.05) is 25.2 Å². The molecule has 1 fully saturated rings. The molecule has 6 heteroatoms. The molecule has 0 radical (unpaired) electrons. The number of primary amides is 1. The molecular formula is C11H14N4O2. The first-order chi connectivity index (χ1) is 8.16. The minimum Gasteiger partial charge on any atom is -0.367 e. The first-order valence-electron chi connectivity index (χ1n) is 5.45. The molecule has 0 aliphatic carbocycles. The predicted molar refractivity (Wildman–Crippen MR) is 62.4 cm³/mol. The van der Waals surface area contributed by atoms with Crippen molar-refractivity contribution >= 4 is 17.6 Å². The van der Waals surface area contributed by atoms with Gasteiger partial charge in [-0.1, -0.05) is 0 Å². The predicted octanol–water partition coefficient (Wildman–Crippen LogP) is -0.129. The standard InChI is InChI=1S/C11H14N4O2/c12-10(17)8-2-1-5-13-11(8)14-6-7-3-4-9(16)15-7/h1-2,5,7H,3-4,6H2,(H2,12,17)(H,13,14)(H,15,16). The Balaban J connectivity index is 1.99. The molecule has 2 amide bonds. The maximum absolute atomic E-state index is 11.1. The summed E-state index contributed by atoms with van der Waals surface area (Å²) in [5.41, 5.74) is 5.59. The number of carbonyl (C=O) groups is 2. The van der Waals surface area contributed by atoms with Crippen molar-refractivity contribution in [2.75, 3.05) is 11.9 Å². The lowest BCUT2D eigenvalue weighted by Crippen LogP contribution is -2.32. The van der Waals surface area contributed by atoms with Gasteiger partial charge in [0.2, 0.25) is 5.91 Å². The molecule has 2 rings (SSSR count). The monoisotopic (exact) mass is 234 g/mol. The number of nitrogens with one attached hydrogen (secondary N) is 2. The largest absolute Gasteiger partial charge is 0.367 e. The van der Waals surface area contributed by atoms with Crippen LogP contribution in [0.1, 0.15) is 23.2 Å². The van der Waals surface area contributed by atoms with Gasteiger partial charge in [-0.25, -0.2) is 4.98 Å². The summed E-state index contributed by atoms with van der Waals surface area (Å²) in [6, 6.07) is 3.36. The van der Waals surface area contributed by atoms with Crippen LogP contribution in [0.4, 0.5) is 5.82 Å². The lowest BCUT2D eigenvalue weighted by molar-refractivity contribution is -0.119. The van der Waals surface area contributed by atoms with E-state index in [-0.39, 0.29) is 11.9 Å². The number of carbonyl (C=O) groups excluding carboxylic acids is 2. The van der Waals surface area contributed by atoms with Crippen molar-refractivity contribution in [3.05, 3.63) is 23.9 Å². The first-order valence-corrected chi connectivity index (χ1v) is 5.45. The van der Waals surface area contributed by atoms with Gasteiger partial charge in [0.05, 0.1) is 5.56 Å². The lowest BCUT2D eigenvalue weighted by Gasteiger charge is -2.13. The van der Waals surface area contributed by atoms with Crippen molar-refractivity contribution in [3.8, 4) is 0 Å². The number of anilines is 1. The smallest absolute Gasteiger partial charge is 0.252 e. The molecule has 1 aromatic heterocycles. The van der Waals surface area contributed by atoms with Crippen LogP contribution in [-0.2, 0) is 4.79 Å². The van der Waals surface area contributed by atoms with Crippen LogP contribution in [-0.4, -0.2) is 29.4 Å².